The van der Waals surface area contributed by atoms with E-state index < -0.39 is 0 Å². The lowest BCUT2D eigenvalue weighted by atomic mass is 9.99. The van der Waals surface area contributed by atoms with E-state index in [4.69, 9.17) is 5.84 Å². The quantitative estimate of drug-likeness (QED) is 0.564. The molecule has 1 heterocycles. The van der Waals surface area contributed by atoms with Gasteiger partial charge < -0.3 is 0 Å². The Labute approximate surface area is 131 Å². The first-order valence-electron chi connectivity index (χ1n) is 6.67. The second-order valence-electron chi connectivity index (χ2n) is 4.85. The minimum absolute atomic E-state index is 0.0394. The number of benzene rings is 2. The molecule has 0 bridgehead atoms. The Morgan fingerprint density at radius 1 is 1.00 bits per heavy atom. The van der Waals surface area contributed by atoms with Crippen LogP contribution in [0.3, 0.4) is 0 Å². The van der Waals surface area contributed by atoms with Crippen molar-refractivity contribution < 1.29 is 0 Å². The van der Waals surface area contributed by atoms with Crippen LogP contribution in [-0.4, -0.2) is 9.97 Å². The fourth-order valence-electron chi connectivity index (χ4n) is 2.33. The maximum Gasteiger partial charge on any atom is 0.0890 e. The molecule has 0 spiro atoms. The normalized spacial score (nSPS) is 12.5. The van der Waals surface area contributed by atoms with Gasteiger partial charge in [-0.3, -0.25) is 21.2 Å². The van der Waals surface area contributed by atoms with E-state index >= 15 is 0 Å². The van der Waals surface area contributed by atoms with Crippen LogP contribution in [0.25, 0.3) is 11.0 Å². The van der Waals surface area contributed by atoms with Crippen molar-refractivity contribution in [3.8, 4) is 0 Å². The molecule has 0 fully saturated rings. The summed E-state index contributed by atoms with van der Waals surface area (Å²) in [6.45, 7) is 0. The molecule has 4 nitrogen and oxygen atoms in total. The highest BCUT2D eigenvalue weighted by molar-refractivity contribution is 9.10. The molecular weight excluding hydrogens is 328 g/mol. The third kappa shape index (κ3) is 3.26. The van der Waals surface area contributed by atoms with Crippen molar-refractivity contribution >= 4 is 27.0 Å². The highest BCUT2D eigenvalue weighted by Gasteiger charge is 2.11. The van der Waals surface area contributed by atoms with Gasteiger partial charge in [0.15, 0.2) is 0 Å². The monoisotopic (exact) mass is 342 g/mol. The number of fused-ring (bicyclic) bond motifs is 1. The van der Waals surface area contributed by atoms with Gasteiger partial charge in [0, 0.05) is 16.9 Å². The van der Waals surface area contributed by atoms with Gasteiger partial charge in [0.05, 0.1) is 17.1 Å². The van der Waals surface area contributed by atoms with Crippen molar-refractivity contribution in [1.29, 1.82) is 0 Å². The molecule has 0 amide bonds. The highest BCUT2D eigenvalue weighted by Crippen LogP contribution is 2.21. The van der Waals surface area contributed by atoms with Crippen LogP contribution >= 0.6 is 15.9 Å². The standard InChI is InChI=1S/C16H15BrN4/c17-13-4-1-11(2-5-13)9-15(21-18)12-3-6-14-16(10-12)20-8-7-19-14/h1-8,10,15,21H,9,18H2. The van der Waals surface area contributed by atoms with Gasteiger partial charge in [0.2, 0.25) is 0 Å². The van der Waals surface area contributed by atoms with E-state index in [-0.39, 0.29) is 6.04 Å². The molecule has 3 N–H and O–H groups in total. The van der Waals surface area contributed by atoms with Gasteiger partial charge in [0.25, 0.3) is 0 Å². The molecule has 0 saturated heterocycles. The number of rotatable bonds is 4. The SMILES string of the molecule is NNC(Cc1ccc(Br)cc1)c1ccc2nccnc2c1. The number of hydrogen-bond donors (Lipinski definition) is 2. The van der Waals surface area contributed by atoms with Crippen LogP contribution in [0.5, 0.6) is 0 Å². The number of nitrogens with two attached hydrogens (primary N) is 1. The molecule has 0 saturated carbocycles. The largest absolute Gasteiger partial charge is 0.271 e. The van der Waals surface area contributed by atoms with Crippen LogP contribution in [0.1, 0.15) is 17.2 Å². The highest BCUT2D eigenvalue weighted by atomic mass is 79.9. The summed E-state index contributed by atoms with van der Waals surface area (Å²) in [6, 6.07) is 14.3. The molecule has 1 unspecified atom stereocenters. The Morgan fingerprint density at radius 3 is 2.43 bits per heavy atom. The number of halogens is 1. The third-order valence-electron chi connectivity index (χ3n) is 3.45. The third-order valence-corrected chi connectivity index (χ3v) is 3.98. The van der Waals surface area contributed by atoms with Crippen molar-refractivity contribution in [2.45, 2.75) is 12.5 Å². The lowest BCUT2D eigenvalue weighted by Gasteiger charge is -2.17. The summed E-state index contributed by atoms with van der Waals surface area (Å²) in [5, 5.41) is 0. The fraction of sp³-hybridized carbons (Fsp3) is 0.125. The smallest absolute Gasteiger partial charge is 0.0890 e. The van der Waals surface area contributed by atoms with E-state index in [0.717, 1.165) is 27.5 Å². The van der Waals surface area contributed by atoms with Crippen molar-refractivity contribution in [2.75, 3.05) is 0 Å². The number of aromatic nitrogens is 2. The number of nitrogens with one attached hydrogen (secondary N) is 1. The van der Waals surface area contributed by atoms with Crippen LogP contribution in [0.15, 0.2) is 59.3 Å². The number of nitrogens with zero attached hydrogens (tertiary/aromatic N) is 2. The van der Waals surface area contributed by atoms with Gasteiger partial charge in [-0.15, -0.1) is 0 Å². The fourth-order valence-corrected chi connectivity index (χ4v) is 2.59. The summed E-state index contributed by atoms with van der Waals surface area (Å²) in [4.78, 5) is 8.62. The zero-order chi connectivity index (χ0) is 14.7. The first kappa shape index (κ1) is 14.1. The van der Waals surface area contributed by atoms with Crippen molar-refractivity contribution in [3.63, 3.8) is 0 Å². The molecule has 0 aliphatic rings. The minimum atomic E-state index is 0.0394. The van der Waals surface area contributed by atoms with E-state index in [0.29, 0.717) is 0 Å². The van der Waals surface area contributed by atoms with Gasteiger partial charge in [-0.05, 0) is 41.8 Å². The molecule has 0 aliphatic heterocycles. The molecule has 1 aromatic heterocycles. The maximum absolute atomic E-state index is 5.73. The number of hydrogen-bond acceptors (Lipinski definition) is 4. The van der Waals surface area contributed by atoms with E-state index in [1.807, 2.05) is 30.3 Å². The molecule has 0 radical (unpaired) electrons. The Hall–Kier alpha value is -1.82. The molecule has 0 aliphatic carbocycles. The Kier molecular flexibility index (Phi) is 4.24. The van der Waals surface area contributed by atoms with E-state index in [1.165, 1.54) is 5.56 Å². The van der Waals surface area contributed by atoms with Crippen molar-refractivity contribution in [1.82, 2.24) is 15.4 Å². The van der Waals surface area contributed by atoms with E-state index in [9.17, 15) is 0 Å². The second kappa shape index (κ2) is 6.30. The van der Waals surface area contributed by atoms with Crippen LogP contribution in [0.4, 0.5) is 0 Å². The molecule has 3 rings (SSSR count). The van der Waals surface area contributed by atoms with Gasteiger partial charge in [-0.2, -0.15) is 0 Å². The zero-order valence-electron chi connectivity index (χ0n) is 11.3. The molecular formula is C16H15BrN4. The average molecular weight is 343 g/mol. The predicted octanol–water partition coefficient (Wildman–Crippen LogP) is 3.14. The molecule has 2 aromatic carbocycles. The average Bonchev–Trinajstić information content (AvgIpc) is 2.54. The van der Waals surface area contributed by atoms with Crippen LogP contribution in [-0.2, 0) is 6.42 Å². The summed E-state index contributed by atoms with van der Waals surface area (Å²) >= 11 is 3.45. The molecule has 3 aromatic rings. The summed E-state index contributed by atoms with van der Waals surface area (Å²) in [5.41, 5.74) is 6.98. The lowest BCUT2D eigenvalue weighted by molar-refractivity contribution is 0.552. The second-order valence-corrected chi connectivity index (χ2v) is 5.77. The summed E-state index contributed by atoms with van der Waals surface area (Å²) in [5.74, 6) is 5.73. The van der Waals surface area contributed by atoms with Crippen LogP contribution in [0, 0.1) is 0 Å². The van der Waals surface area contributed by atoms with Gasteiger partial charge in [0.1, 0.15) is 0 Å². The first-order chi connectivity index (χ1) is 10.3. The van der Waals surface area contributed by atoms with Crippen LogP contribution in [0.2, 0.25) is 0 Å². The topological polar surface area (TPSA) is 63.8 Å². The van der Waals surface area contributed by atoms with Crippen molar-refractivity contribution in [3.05, 3.63) is 70.5 Å². The molecule has 21 heavy (non-hydrogen) atoms. The van der Waals surface area contributed by atoms with Crippen molar-refractivity contribution in [2.24, 2.45) is 5.84 Å². The predicted molar refractivity (Wildman–Crippen MR) is 87.4 cm³/mol. The summed E-state index contributed by atoms with van der Waals surface area (Å²) in [7, 11) is 0. The summed E-state index contributed by atoms with van der Waals surface area (Å²) < 4.78 is 1.07. The lowest BCUT2D eigenvalue weighted by Crippen LogP contribution is -2.29. The Morgan fingerprint density at radius 2 is 1.71 bits per heavy atom. The Bertz CT molecular complexity index is 743. The zero-order valence-corrected chi connectivity index (χ0v) is 12.9. The minimum Gasteiger partial charge on any atom is -0.271 e. The maximum atomic E-state index is 5.73. The van der Waals surface area contributed by atoms with E-state index in [2.05, 4.69) is 43.5 Å². The van der Waals surface area contributed by atoms with Gasteiger partial charge in [-0.25, -0.2) is 0 Å². The Balaban J connectivity index is 1.88. The first-order valence-corrected chi connectivity index (χ1v) is 7.47. The van der Waals surface area contributed by atoms with E-state index in [1.54, 1.807) is 12.4 Å². The molecule has 106 valence electrons. The number of hydrazine groups is 1. The van der Waals surface area contributed by atoms with Crippen LogP contribution < -0.4 is 11.3 Å². The molecule has 5 heteroatoms. The van der Waals surface area contributed by atoms with Gasteiger partial charge >= 0.3 is 0 Å². The summed E-state index contributed by atoms with van der Waals surface area (Å²) in [6.07, 6.45) is 4.21. The van der Waals surface area contributed by atoms with Gasteiger partial charge in [-0.1, -0.05) is 34.1 Å². The molecule has 1 atom stereocenters.